The van der Waals surface area contributed by atoms with Gasteiger partial charge in [0.2, 0.25) is 5.82 Å². The summed E-state index contributed by atoms with van der Waals surface area (Å²) in [5.74, 6) is -0.805. The molecule has 6 heteroatoms. The second-order valence-corrected chi connectivity index (χ2v) is 3.59. The summed E-state index contributed by atoms with van der Waals surface area (Å²) in [6.07, 6.45) is 3.73. The van der Waals surface area contributed by atoms with E-state index in [0.717, 1.165) is 19.4 Å². The number of nitrogens with zero attached hydrogens (tertiary/aromatic N) is 2. The summed E-state index contributed by atoms with van der Waals surface area (Å²) in [6, 6.07) is 1.64. The standard InChI is InChI=1S/C10H13N3O3/c14-10(15)9-11-4-3-8(13-9)12-6-7-2-1-5-16-7/h3-4,7H,1-2,5-6H2,(H,14,15)(H,11,12,13). The Hall–Kier alpha value is -1.69. The van der Waals surface area contributed by atoms with Crippen molar-refractivity contribution in [1.29, 1.82) is 0 Å². The van der Waals surface area contributed by atoms with Crippen LogP contribution in [0.15, 0.2) is 12.3 Å². The molecule has 2 heterocycles. The number of nitrogens with one attached hydrogen (secondary N) is 1. The van der Waals surface area contributed by atoms with E-state index in [2.05, 4.69) is 15.3 Å². The smallest absolute Gasteiger partial charge is 0.374 e. The number of carbonyl (C=O) groups is 1. The number of hydrogen-bond acceptors (Lipinski definition) is 5. The first-order valence-corrected chi connectivity index (χ1v) is 5.17. The minimum Gasteiger partial charge on any atom is -0.475 e. The van der Waals surface area contributed by atoms with Gasteiger partial charge in [-0.1, -0.05) is 0 Å². The van der Waals surface area contributed by atoms with Gasteiger partial charge in [0.25, 0.3) is 0 Å². The third-order valence-electron chi connectivity index (χ3n) is 2.38. The van der Waals surface area contributed by atoms with E-state index in [1.807, 2.05) is 0 Å². The van der Waals surface area contributed by atoms with Crippen LogP contribution < -0.4 is 5.32 Å². The minimum atomic E-state index is -1.12. The van der Waals surface area contributed by atoms with Gasteiger partial charge in [0, 0.05) is 19.3 Å². The molecule has 0 amide bonds. The molecule has 2 rings (SSSR count). The Bertz CT molecular complexity index is 377. The molecule has 0 aromatic carbocycles. The molecule has 1 saturated heterocycles. The van der Waals surface area contributed by atoms with E-state index in [1.165, 1.54) is 6.20 Å². The van der Waals surface area contributed by atoms with Crippen LogP contribution in [0.3, 0.4) is 0 Å². The summed E-state index contributed by atoms with van der Waals surface area (Å²) in [6.45, 7) is 1.45. The second-order valence-electron chi connectivity index (χ2n) is 3.59. The van der Waals surface area contributed by atoms with Gasteiger partial charge in [0.1, 0.15) is 5.82 Å². The fourth-order valence-electron chi connectivity index (χ4n) is 1.58. The van der Waals surface area contributed by atoms with Crippen molar-refractivity contribution in [2.24, 2.45) is 0 Å². The molecule has 0 bridgehead atoms. The van der Waals surface area contributed by atoms with Crippen LogP contribution in [0.5, 0.6) is 0 Å². The molecule has 16 heavy (non-hydrogen) atoms. The largest absolute Gasteiger partial charge is 0.475 e. The number of anilines is 1. The van der Waals surface area contributed by atoms with Crippen molar-refractivity contribution >= 4 is 11.8 Å². The van der Waals surface area contributed by atoms with Crippen LogP contribution >= 0.6 is 0 Å². The van der Waals surface area contributed by atoms with Gasteiger partial charge >= 0.3 is 5.97 Å². The lowest BCUT2D eigenvalue weighted by Crippen LogP contribution is -2.19. The summed E-state index contributed by atoms with van der Waals surface area (Å²) >= 11 is 0. The van der Waals surface area contributed by atoms with E-state index in [4.69, 9.17) is 9.84 Å². The first-order valence-electron chi connectivity index (χ1n) is 5.17. The van der Waals surface area contributed by atoms with Crippen molar-refractivity contribution in [2.75, 3.05) is 18.5 Å². The molecule has 2 N–H and O–H groups in total. The third kappa shape index (κ3) is 2.66. The number of carboxylic acid groups (broad SMARTS) is 1. The maximum absolute atomic E-state index is 10.6. The first kappa shape index (κ1) is 10.8. The van der Waals surface area contributed by atoms with Gasteiger partial charge in [-0.3, -0.25) is 0 Å². The molecule has 86 valence electrons. The van der Waals surface area contributed by atoms with Crippen LogP contribution in [-0.4, -0.2) is 40.3 Å². The van der Waals surface area contributed by atoms with Crippen LogP contribution in [0.1, 0.15) is 23.5 Å². The Morgan fingerprint density at radius 1 is 1.69 bits per heavy atom. The highest BCUT2D eigenvalue weighted by molar-refractivity contribution is 5.83. The van der Waals surface area contributed by atoms with Gasteiger partial charge in [0.05, 0.1) is 6.10 Å². The van der Waals surface area contributed by atoms with Gasteiger partial charge in [-0.25, -0.2) is 14.8 Å². The van der Waals surface area contributed by atoms with Crippen molar-refractivity contribution in [3.8, 4) is 0 Å². The number of aromatic carboxylic acids is 1. The molecule has 1 aromatic rings. The van der Waals surface area contributed by atoms with E-state index in [-0.39, 0.29) is 11.9 Å². The lowest BCUT2D eigenvalue weighted by atomic mass is 10.2. The van der Waals surface area contributed by atoms with Crippen molar-refractivity contribution in [3.63, 3.8) is 0 Å². The fraction of sp³-hybridized carbons (Fsp3) is 0.500. The molecule has 1 atom stereocenters. The number of carboxylic acids is 1. The molecular formula is C10H13N3O3. The molecule has 1 aliphatic heterocycles. The van der Waals surface area contributed by atoms with E-state index < -0.39 is 5.97 Å². The van der Waals surface area contributed by atoms with Crippen molar-refractivity contribution < 1.29 is 14.6 Å². The second kappa shape index (κ2) is 4.89. The van der Waals surface area contributed by atoms with Crippen LogP contribution in [0.2, 0.25) is 0 Å². The molecule has 0 spiro atoms. The van der Waals surface area contributed by atoms with Crippen LogP contribution in [0.25, 0.3) is 0 Å². The van der Waals surface area contributed by atoms with Gasteiger partial charge < -0.3 is 15.2 Å². The van der Waals surface area contributed by atoms with Gasteiger partial charge in [-0.05, 0) is 18.9 Å². The highest BCUT2D eigenvalue weighted by Crippen LogP contribution is 2.12. The quantitative estimate of drug-likeness (QED) is 0.784. The molecule has 1 fully saturated rings. The molecular weight excluding hydrogens is 210 g/mol. The van der Waals surface area contributed by atoms with E-state index in [1.54, 1.807) is 6.07 Å². The average molecular weight is 223 g/mol. The molecule has 0 aliphatic carbocycles. The highest BCUT2D eigenvalue weighted by atomic mass is 16.5. The molecule has 0 saturated carbocycles. The SMILES string of the molecule is O=C(O)c1nccc(NCC2CCCO2)n1. The molecule has 1 aromatic heterocycles. The summed E-state index contributed by atoms with van der Waals surface area (Å²) in [5.41, 5.74) is 0. The Kier molecular flexibility index (Phi) is 3.31. The molecule has 6 nitrogen and oxygen atoms in total. The Balaban J connectivity index is 1.93. The van der Waals surface area contributed by atoms with E-state index in [0.29, 0.717) is 12.4 Å². The van der Waals surface area contributed by atoms with Crippen molar-refractivity contribution in [1.82, 2.24) is 9.97 Å². The maximum Gasteiger partial charge on any atom is 0.374 e. The number of hydrogen-bond donors (Lipinski definition) is 2. The van der Waals surface area contributed by atoms with Crippen LogP contribution in [0, 0.1) is 0 Å². The zero-order valence-electron chi connectivity index (χ0n) is 8.72. The van der Waals surface area contributed by atoms with Gasteiger partial charge in [-0.2, -0.15) is 0 Å². The number of aromatic nitrogens is 2. The summed E-state index contributed by atoms with van der Waals surface area (Å²) < 4.78 is 5.43. The normalized spacial score (nSPS) is 19.6. The van der Waals surface area contributed by atoms with Gasteiger partial charge in [-0.15, -0.1) is 0 Å². The number of ether oxygens (including phenoxy) is 1. The Morgan fingerprint density at radius 3 is 3.25 bits per heavy atom. The lowest BCUT2D eigenvalue weighted by molar-refractivity contribution is 0.0683. The Labute approximate surface area is 92.7 Å². The van der Waals surface area contributed by atoms with Crippen LogP contribution in [-0.2, 0) is 4.74 Å². The Morgan fingerprint density at radius 2 is 2.56 bits per heavy atom. The summed E-state index contributed by atoms with van der Waals surface area (Å²) in [4.78, 5) is 18.1. The molecule has 1 aliphatic rings. The first-order chi connectivity index (χ1) is 7.75. The molecule has 0 radical (unpaired) electrons. The predicted molar refractivity (Wildman–Crippen MR) is 56.5 cm³/mol. The fourth-order valence-corrected chi connectivity index (χ4v) is 1.58. The number of rotatable bonds is 4. The monoisotopic (exact) mass is 223 g/mol. The predicted octanol–water partition coefficient (Wildman–Crippen LogP) is 0.766. The summed E-state index contributed by atoms with van der Waals surface area (Å²) in [5, 5.41) is 11.8. The van der Waals surface area contributed by atoms with E-state index in [9.17, 15) is 4.79 Å². The maximum atomic E-state index is 10.6. The van der Waals surface area contributed by atoms with Gasteiger partial charge in [0.15, 0.2) is 0 Å². The van der Waals surface area contributed by atoms with Crippen molar-refractivity contribution in [3.05, 3.63) is 18.1 Å². The third-order valence-corrected chi connectivity index (χ3v) is 2.38. The summed E-state index contributed by atoms with van der Waals surface area (Å²) in [7, 11) is 0. The zero-order chi connectivity index (χ0) is 11.4. The zero-order valence-corrected chi connectivity index (χ0v) is 8.72. The van der Waals surface area contributed by atoms with Crippen LogP contribution in [0.4, 0.5) is 5.82 Å². The van der Waals surface area contributed by atoms with Crippen molar-refractivity contribution in [2.45, 2.75) is 18.9 Å². The average Bonchev–Trinajstić information content (AvgIpc) is 2.79. The highest BCUT2D eigenvalue weighted by Gasteiger charge is 2.15. The lowest BCUT2D eigenvalue weighted by Gasteiger charge is -2.10. The minimum absolute atomic E-state index is 0.197. The topological polar surface area (TPSA) is 84.3 Å². The van der Waals surface area contributed by atoms with E-state index >= 15 is 0 Å². The molecule has 1 unspecified atom stereocenters.